The van der Waals surface area contributed by atoms with Gasteiger partial charge in [0.2, 0.25) is 0 Å². The number of fused-ring (bicyclic) bond motifs is 5. The zero-order chi connectivity index (χ0) is 32.2. The zero-order valence-corrected chi connectivity index (χ0v) is 31.8. The van der Waals surface area contributed by atoms with Crippen molar-refractivity contribution in [3.8, 4) is 11.1 Å². The summed E-state index contributed by atoms with van der Waals surface area (Å²) in [6.07, 6.45) is 8.75. The van der Waals surface area contributed by atoms with Crippen molar-refractivity contribution in [1.29, 1.82) is 0 Å². The first kappa shape index (κ1) is 31.0. The van der Waals surface area contributed by atoms with Crippen LogP contribution >= 0.6 is 0 Å². The van der Waals surface area contributed by atoms with Gasteiger partial charge in [-0.05, 0) is 0 Å². The predicted octanol–water partition coefficient (Wildman–Crippen LogP) is 11.9. The molecule has 0 saturated carbocycles. The maximum atomic E-state index is 2.69. The first-order chi connectivity index (χ1) is 21.2. The van der Waals surface area contributed by atoms with Gasteiger partial charge in [0.05, 0.1) is 0 Å². The minimum atomic E-state index is -2.68. The predicted molar refractivity (Wildman–Crippen MR) is 193 cm³/mol. The van der Waals surface area contributed by atoms with Gasteiger partial charge in [-0.3, -0.25) is 0 Å². The van der Waals surface area contributed by atoms with Crippen LogP contribution in [0.25, 0.3) is 22.3 Å². The van der Waals surface area contributed by atoms with Crippen molar-refractivity contribution in [2.24, 2.45) is 11.8 Å². The molecule has 0 heterocycles. The number of allylic oxidation sites excluding steroid dienone is 8. The zero-order valence-electron chi connectivity index (χ0n) is 29.4. The summed E-state index contributed by atoms with van der Waals surface area (Å²) in [5, 5.41) is 0. The summed E-state index contributed by atoms with van der Waals surface area (Å²) in [5.41, 5.74) is 19.8. The molecule has 0 amide bonds. The van der Waals surface area contributed by atoms with E-state index in [2.05, 4.69) is 149 Å². The van der Waals surface area contributed by atoms with E-state index in [-0.39, 0.29) is 10.8 Å². The van der Waals surface area contributed by atoms with E-state index in [1.54, 1.807) is 25.5 Å². The quantitative estimate of drug-likeness (QED) is 0.254. The summed E-state index contributed by atoms with van der Waals surface area (Å²) in [6, 6.07) is 22.1. The molecule has 4 aliphatic rings. The number of benzene rings is 3. The van der Waals surface area contributed by atoms with E-state index in [0.29, 0.717) is 15.5 Å². The van der Waals surface area contributed by atoms with Gasteiger partial charge in [-0.1, -0.05) is 0 Å². The Morgan fingerprint density at radius 2 is 1.27 bits per heavy atom. The molecule has 1 unspecified atom stereocenters. The van der Waals surface area contributed by atoms with E-state index in [1.165, 1.54) is 50.1 Å². The third-order valence-electron chi connectivity index (χ3n) is 11.4. The fraction of sp³-hybridized carbons (Fsp3) is 0.386. The van der Waals surface area contributed by atoms with Gasteiger partial charge < -0.3 is 0 Å². The van der Waals surface area contributed by atoms with E-state index in [9.17, 15) is 0 Å². The third kappa shape index (κ3) is 4.66. The fourth-order valence-electron chi connectivity index (χ4n) is 9.50. The number of rotatable bonds is 5. The molecule has 0 aromatic heterocycles. The van der Waals surface area contributed by atoms with Crippen LogP contribution in [0.2, 0.25) is 0 Å². The first-order valence-electron chi connectivity index (χ1n) is 17.2. The van der Waals surface area contributed by atoms with Crippen molar-refractivity contribution >= 4 is 14.4 Å². The van der Waals surface area contributed by atoms with Gasteiger partial charge >= 0.3 is 282 Å². The van der Waals surface area contributed by atoms with Gasteiger partial charge in [-0.15, -0.1) is 0 Å². The van der Waals surface area contributed by atoms with Crippen LogP contribution in [-0.4, -0.2) is 3.21 Å². The Morgan fingerprint density at radius 3 is 1.71 bits per heavy atom. The molecule has 230 valence electrons. The SMILES string of the molecule is CC[C](c1ccccc1)=[Zr]([C]1=C(C)C(C(C)C)=CC1C)[CH]1c2cc3c(cc2-c2cc4c(cc21)C(C)(C)C=C4C)C(C)=CC3(C)C. The molecule has 7 rings (SSSR count). The Labute approximate surface area is 280 Å². The summed E-state index contributed by atoms with van der Waals surface area (Å²) >= 11 is -2.68. The van der Waals surface area contributed by atoms with Crippen molar-refractivity contribution < 1.29 is 21.3 Å². The molecule has 0 N–H and O–H groups in total. The van der Waals surface area contributed by atoms with Crippen LogP contribution in [0.15, 0.2) is 87.3 Å². The van der Waals surface area contributed by atoms with Crippen LogP contribution in [0.3, 0.4) is 0 Å². The molecule has 0 bridgehead atoms. The second-order valence-corrected chi connectivity index (χ2v) is 22.0. The summed E-state index contributed by atoms with van der Waals surface area (Å²) in [5.74, 6) is 1.05. The molecule has 0 fully saturated rings. The topological polar surface area (TPSA) is 0 Å². The van der Waals surface area contributed by atoms with Gasteiger partial charge in [-0.2, -0.15) is 0 Å². The Bertz CT molecular complexity index is 1840. The Balaban J connectivity index is 1.61. The second-order valence-electron chi connectivity index (χ2n) is 15.7. The normalized spacial score (nSPS) is 21.3. The van der Waals surface area contributed by atoms with E-state index in [1.807, 2.05) is 3.28 Å². The van der Waals surface area contributed by atoms with Gasteiger partial charge in [0, 0.05) is 0 Å². The van der Waals surface area contributed by atoms with Gasteiger partial charge in [0.15, 0.2) is 0 Å². The van der Waals surface area contributed by atoms with E-state index < -0.39 is 21.3 Å². The Morgan fingerprint density at radius 1 is 0.756 bits per heavy atom. The Kier molecular flexibility index (Phi) is 7.37. The molecular weight excluding hydrogens is 620 g/mol. The monoisotopic (exact) mass is 668 g/mol. The molecule has 4 aliphatic carbocycles. The van der Waals surface area contributed by atoms with Crippen LogP contribution in [0.4, 0.5) is 0 Å². The molecule has 0 nitrogen and oxygen atoms in total. The molecule has 3 aromatic rings. The molecule has 1 heteroatoms. The molecule has 0 radical (unpaired) electrons. The van der Waals surface area contributed by atoms with Gasteiger partial charge in [0.25, 0.3) is 0 Å². The summed E-state index contributed by atoms with van der Waals surface area (Å²) < 4.78 is 4.06. The van der Waals surface area contributed by atoms with Crippen molar-refractivity contribution in [3.05, 3.63) is 126 Å². The van der Waals surface area contributed by atoms with E-state index >= 15 is 0 Å². The van der Waals surface area contributed by atoms with Crippen molar-refractivity contribution in [2.75, 3.05) is 0 Å². The molecule has 0 aliphatic heterocycles. The van der Waals surface area contributed by atoms with Gasteiger partial charge in [-0.25, -0.2) is 0 Å². The standard InChI is InChI=1S/C25H25.C10H15.C9H10.Zr/c1-14-12-24(3,4)22-8-16-7-17-9-23-19(15(2)13-25(23,5)6)11-21(17)20(16)10-18(14)22;1-7(2)10-6-8(3)5-9(10)4;1-2-6-9-7-4-3-5-8-9;/h7-13H,1-6H3;6-8H,1-4H3;3-5,7-8H,2H2,1H3;. The van der Waals surface area contributed by atoms with Crippen LogP contribution in [-0.2, 0) is 32.1 Å². The van der Waals surface area contributed by atoms with E-state index in [0.717, 1.165) is 6.42 Å². The van der Waals surface area contributed by atoms with Crippen molar-refractivity contribution in [3.63, 3.8) is 0 Å². The van der Waals surface area contributed by atoms with Crippen molar-refractivity contribution in [2.45, 2.75) is 97.0 Å². The molecular formula is C44H50Zr. The second kappa shape index (κ2) is 10.7. The molecule has 1 atom stereocenters. The summed E-state index contributed by atoms with van der Waals surface area (Å²) in [6.45, 7) is 26.5. The maximum absolute atomic E-state index is 2.69. The third-order valence-corrected chi connectivity index (χ3v) is 21.0. The number of hydrogen-bond acceptors (Lipinski definition) is 0. The average molecular weight is 670 g/mol. The molecule has 3 aromatic carbocycles. The minimum absolute atomic E-state index is 0.0549. The number of hydrogen-bond donors (Lipinski definition) is 0. The van der Waals surface area contributed by atoms with Crippen LogP contribution < -0.4 is 0 Å². The Hall–Kier alpha value is -2.63. The van der Waals surface area contributed by atoms with E-state index in [4.69, 9.17) is 0 Å². The van der Waals surface area contributed by atoms with Crippen molar-refractivity contribution in [1.82, 2.24) is 0 Å². The van der Waals surface area contributed by atoms with Crippen LogP contribution in [0.5, 0.6) is 0 Å². The van der Waals surface area contributed by atoms with Crippen LogP contribution in [0.1, 0.15) is 125 Å². The molecule has 45 heavy (non-hydrogen) atoms. The van der Waals surface area contributed by atoms with Crippen LogP contribution in [0, 0.1) is 11.8 Å². The fourth-order valence-corrected chi connectivity index (χ4v) is 19.5. The average Bonchev–Trinajstić information content (AvgIpc) is 3.61. The summed E-state index contributed by atoms with van der Waals surface area (Å²) in [4.78, 5) is 0. The first-order valence-corrected chi connectivity index (χ1v) is 21.1. The van der Waals surface area contributed by atoms with Gasteiger partial charge in [0.1, 0.15) is 0 Å². The molecule has 0 spiro atoms. The molecule has 0 saturated heterocycles. The summed E-state index contributed by atoms with van der Waals surface area (Å²) in [7, 11) is 0.